The summed E-state index contributed by atoms with van der Waals surface area (Å²) in [5.74, 6) is -0.200. The molecule has 0 aromatic heterocycles. The molecule has 0 spiro atoms. The molecule has 2 heterocycles. The average Bonchev–Trinajstić information content (AvgIpc) is 3.05. The van der Waals surface area contributed by atoms with E-state index in [1.165, 1.54) is 19.3 Å². The molecule has 0 radical (unpaired) electrons. The first-order chi connectivity index (χ1) is 9.18. The van der Waals surface area contributed by atoms with Crippen LogP contribution in [-0.2, 0) is 4.79 Å². The number of likely N-dealkylation sites (tertiary alicyclic amines) is 2. The zero-order valence-electron chi connectivity index (χ0n) is 11.3. The van der Waals surface area contributed by atoms with Gasteiger partial charge in [0.1, 0.15) is 6.04 Å². The zero-order valence-corrected chi connectivity index (χ0v) is 11.3. The van der Waals surface area contributed by atoms with E-state index in [4.69, 9.17) is 0 Å². The van der Waals surface area contributed by atoms with E-state index in [0.29, 0.717) is 24.9 Å². The van der Waals surface area contributed by atoms with Crippen LogP contribution in [0.4, 0.5) is 4.79 Å². The van der Waals surface area contributed by atoms with Crippen LogP contribution in [0.25, 0.3) is 0 Å². The summed E-state index contributed by atoms with van der Waals surface area (Å²) >= 11 is 0. The van der Waals surface area contributed by atoms with E-state index < -0.39 is 12.0 Å². The van der Waals surface area contributed by atoms with E-state index in [9.17, 15) is 14.7 Å². The largest absolute Gasteiger partial charge is 0.480 e. The third-order valence-corrected chi connectivity index (χ3v) is 5.02. The zero-order chi connectivity index (χ0) is 13.4. The summed E-state index contributed by atoms with van der Waals surface area (Å²) in [4.78, 5) is 27.4. The van der Waals surface area contributed by atoms with Gasteiger partial charge in [-0.15, -0.1) is 0 Å². The van der Waals surface area contributed by atoms with E-state index in [1.54, 1.807) is 4.90 Å². The highest BCUT2D eigenvalue weighted by Crippen LogP contribution is 2.37. The topological polar surface area (TPSA) is 60.9 Å². The molecule has 3 fully saturated rings. The second-order valence-corrected chi connectivity index (χ2v) is 6.07. The van der Waals surface area contributed by atoms with Crippen molar-refractivity contribution in [2.24, 2.45) is 5.92 Å². The van der Waals surface area contributed by atoms with Gasteiger partial charge in [0.25, 0.3) is 0 Å². The van der Waals surface area contributed by atoms with Crippen molar-refractivity contribution in [2.45, 2.75) is 57.0 Å². The van der Waals surface area contributed by atoms with Crippen molar-refractivity contribution in [3.05, 3.63) is 0 Å². The molecule has 106 valence electrons. The number of amides is 2. The molecule has 2 unspecified atom stereocenters. The van der Waals surface area contributed by atoms with E-state index >= 15 is 0 Å². The maximum absolute atomic E-state index is 12.6. The van der Waals surface area contributed by atoms with Gasteiger partial charge in [-0.05, 0) is 44.4 Å². The monoisotopic (exact) mass is 266 g/mol. The van der Waals surface area contributed by atoms with Crippen LogP contribution >= 0.6 is 0 Å². The van der Waals surface area contributed by atoms with Crippen molar-refractivity contribution < 1.29 is 14.7 Å². The SMILES string of the molecule is O=C(O)[C@@H]1CCCN1C(=O)N1CCCC2CCCC21. The summed E-state index contributed by atoms with van der Waals surface area (Å²) in [6, 6.07) is -0.257. The van der Waals surface area contributed by atoms with Crippen LogP contribution in [0.2, 0.25) is 0 Å². The van der Waals surface area contributed by atoms with Gasteiger partial charge in [0.2, 0.25) is 0 Å². The Hall–Kier alpha value is -1.26. The molecule has 1 saturated carbocycles. The number of aliphatic carboxylic acids is 1. The number of rotatable bonds is 1. The number of fused-ring (bicyclic) bond motifs is 1. The molecule has 19 heavy (non-hydrogen) atoms. The molecule has 1 N–H and O–H groups in total. The summed E-state index contributed by atoms with van der Waals surface area (Å²) in [7, 11) is 0. The van der Waals surface area contributed by atoms with Crippen molar-refractivity contribution in [3.8, 4) is 0 Å². The number of carbonyl (C=O) groups is 2. The number of carboxylic acids is 1. The summed E-state index contributed by atoms with van der Waals surface area (Å²) in [5.41, 5.74) is 0. The Kier molecular flexibility index (Phi) is 3.37. The van der Waals surface area contributed by atoms with Crippen LogP contribution in [0.15, 0.2) is 0 Å². The third-order valence-electron chi connectivity index (χ3n) is 5.02. The molecule has 3 rings (SSSR count). The number of carboxylic acid groups (broad SMARTS) is 1. The Balaban J connectivity index is 1.74. The van der Waals surface area contributed by atoms with Gasteiger partial charge in [-0.1, -0.05) is 6.42 Å². The maximum Gasteiger partial charge on any atom is 0.326 e. The van der Waals surface area contributed by atoms with Gasteiger partial charge in [-0.2, -0.15) is 0 Å². The van der Waals surface area contributed by atoms with Gasteiger partial charge in [0.05, 0.1) is 0 Å². The lowest BCUT2D eigenvalue weighted by Crippen LogP contribution is -2.54. The van der Waals surface area contributed by atoms with Crippen molar-refractivity contribution in [2.75, 3.05) is 13.1 Å². The van der Waals surface area contributed by atoms with Crippen LogP contribution in [0.3, 0.4) is 0 Å². The summed E-state index contributed by atoms with van der Waals surface area (Å²) in [6.07, 6.45) is 7.25. The first kappa shape index (κ1) is 12.8. The number of carbonyl (C=O) groups excluding carboxylic acids is 1. The van der Waals surface area contributed by atoms with Gasteiger partial charge in [0, 0.05) is 19.1 Å². The predicted molar refractivity (Wildman–Crippen MR) is 69.8 cm³/mol. The number of urea groups is 1. The van der Waals surface area contributed by atoms with Gasteiger partial charge >= 0.3 is 12.0 Å². The van der Waals surface area contributed by atoms with Crippen molar-refractivity contribution in [1.82, 2.24) is 9.80 Å². The molecule has 2 aliphatic heterocycles. The minimum Gasteiger partial charge on any atom is -0.480 e. The Labute approximate surface area is 113 Å². The van der Waals surface area contributed by atoms with Crippen molar-refractivity contribution in [1.29, 1.82) is 0 Å². The van der Waals surface area contributed by atoms with Crippen LogP contribution in [-0.4, -0.2) is 52.1 Å². The molecule has 0 aromatic rings. The second kappa shape index (κ2) is 5.02. The van der Waals surface area contributed by atoms with Crippen LogP contribution in [0.1, 0.15) is 44.9 Å². The van der Waals surface area contributed by atoms with E-state index in [0.717, 1.165) is 25.8 Å². The molecule has 0 bridgehead atoms. The molecule has 2 saturated heterocycles. The smallest absolute Gasteiger partial charge is 0.326 e. The highest BCUT2D eigenvalue weighted by molar-refractivity contribution is 5.83. The fourth-order valence-electron chi connectivity index (χ4n) is 4.11. The quantitative estimate of drug-likeness (QED) is 0.788. The third kappa shape index (κ3) is 2.19. The molecule has 1 aliphatic carbocycles. The van der Waals surface area contributed by atoms with Crippen molar-refractivity contribution in [3.63, 3.8) is 0 Å². The standard InChI is InChI=1S/C14H22N2O3/c17-13(18)12-7-3-9-16(12)14(19)15-8-2-5-10-4-1-6-11(10)15/h10-12H,1-9H2,(H,17,18)/t10?,11?,12-/m0/s1. The molecule has 0 aromatic carbocycles. The van der Waals surface area contributed by atoms with Gasteiger partial charge in [-0.3, -0.25) is 0 Å². The molecular formula is C14H22N2O3. The van der Waals surface area contributed by atoms with Crippen LogP contribution < -0.4 is 0 Å². The fourth-order valence-corrected chi connectivity index (χ4v) is 4.11. The minimum atomic E-state index is -0.856. The number of hydrogen-bond acceptors (Lipinski definition) is 2. The van der Waals surface area contributed by atoms with E-state index in [-0.39, 0.29) is 6.03 Å². The van der Waals surface area contributed by atoms with E-state index in [1.807, 2.05) is 4.90 Å². The highest BCUT2D eigenvalue weighted by Gasteiger charge is 2.42. The Morgan fingerprint density at radius 3 is 2.37 bits per heavy atom. The van der Waals surface area contributed by atoms with E-state index in [2.05, 4.69) is 0 Å². The lowest BCUT2D eigenvalue weighted by Gasteiger charge is -2.40. The lowest BCUT2D eigenvalue weighted by atomic mass is 9.92. The lowest BCUT2D eigenvalue weighted by molar-refractivity contribution is -0.141. The minimum absolute atomic E-state index is 0.0264. The second-order valence-electron chi connectivity index (χ2n) is 6.07. The maximum atomic E-state index is 12.6. The summed E-state index contributed by atoms with van der Waals surface area (Å²) in [5, 5.41) is 9.21. The average molecular weight is 266 g/mol. The first-order valence-corrected chi connectivity index (χ1v) is 7.48. The molecule has 3 atom stereocenters. The Bertz CT molecular complexity index is 385. The first-order valence-electron chi connectivity index (χ1n) is 7.48. The molecule has 5 heteroatoms. The van der Waals surface area contributed by atoms with Gasteiger partial charge in [-0.25, -0.2) is 9.59 Å². The Morgan fingerprint density at radius 1 is 0.895 bits per heavy atom. The molecular weight excluding hydrogens is 244 g/mol. The normalized spacial score (nSPS) is 34.4. The summed E-state index contributed by atoms with van der Waals surface area (Å²) < 4.78 is 0. The number of hydrogen-bond donors (Lipinski definition) is 1. The molecule has 5 nitrogen and oxygen atoms in total. The molecule has 2 amide bonds. The fraction of sp³-hybridized carbons (Fsp3) is 0.857. The van der Waals surface area contributed by atoms with Gasteiger partial charge in [0.15, 0.2) is 0 Å². The van der Waals surface area contributed by atoms with Gasteiger partial charge < -0.3 is 14.9 Å². The van der Waals surface area contributed by atoms with Crippen LogP contribution in [0, 0.1) is 5.92 Å². The summed E-state index contributed by atoms with van der Waals surface area (Å²) in [6.45, 7) is 1.41. The number of nitrogens with zero attached hydrogens (tertiary/aromatic N) is 2. The Morgan fingerprint density at radius 2 is 1.58 bits per heavy atom. The highest BCUT2D eigenvalue weighted by atomic mass is 16.4. The number of piperidine rings is 1. The molecule has 3 aliphatic rings. The van der Waals surface area contributed by atoms with Crippen molar-refractivity contribution >= 4 is 12.0 Å². The predicted octanol–water partition coefficient (Wildman–Crippen LogP) is 1.92. The van der Waals surface area contributed by atoms with Crippen LogP contribution in [0.5, 0.6) is 0 Å².